The molecule has 0 bridgehead atoms. The molecule has 322 valence electrons. The van der Waals surface area contributed by atoms with Crippen molar-refractivity contribution in [2.75, 3.05) is 19.8 Å². The molecule has 0 spiro atoms. The zero-order chi connectivity index (χ0) is 41.4. The fourth-order valence-electron chi connectivity index (χ4n) is 5.34. The van der Waals surface area contributed by atoms with E-state index in [1.54, 1.807) is 0 Å². The quantitative estimate of drug-likeness (QED) is 0.0233. The number of unbranched alkanes of at least 4 members (excludes halogenated alkanes) is 15. The Morgan fingerprint density at radius 2 is 0.964 bits per heavy atom. The third kappa shape index (κ3) is 38.1. The summed E-state index contributed by atoms with van der Waals surface area (Å²) in [6, 6.07) is -1.53. The second kappa shape index (κ2) is 39.0. The van der Waals surface area contributed by atoms with Crippen molar-refractivity contribution in [3.63, 3.8) is 0 Å². The van der Waals surface area contributed by atoms with E-state index in [1.807, 2.05) is 12.2 Å². The van der Waals surface area contributed by atoms with Crippen LogP contribution in [0.1, 0.15) is 168 Å². The first kappa shape index (κ1) is 53.2. The summed E-state index contributed by atoms with van der Waals surface area (Å²) in [5.41, 5.74) is 5.32. The minimum absolute atomic E-state index is 0.137. The predicted octanol–water partition coefficient (Wildman–Crippen LogP) is 11.2. The first-order valence-electron chi connectivity index (χ1n) is 21.3. The molecule has 0 aliphatic rings. The van der Waals surface area contributed by atoms with E-state index >= 15 is 0 Å². The molecular formula is C44H76NO10P. The number of ether oxygens (including phenoxy) is 2. The maximum atomic E-state index is 12.6. The number of phosphoric acid groups is 1. The van der Waals surface area contributed by atoms with Crippen molar-refractivity contribution < 1.29 is 47.5 Å². The van der Waals surface area contributed by atoms with Crippen LogP contribution in [-0.4, -0.2) is 59.9 Å². The Morgan fingerprint density at radius 1 is 0.554 bits per heavy atom. The monoisotopic (exact) mass is 810 g/mol. The SMILES string of the molecule is CCCCCC=CCC=CCC=CCC=CCCCC(=O)OC[C@H](COP(=O)(O)OC[C@H](N)C(=O)O)OC(=O)CCCCCCCC=CCCCCCCCC. The lowest BCUT2D eigenvalue weighted by Gasteiger charge is -2.20. The van der Waals surface area contributed by atoms with Crippen LogP contribution < -0.4 is 5.73 Å². The molecular weight excluding hydrogens is 733 g/mol. The van der Waals surface area contributed by atoms with E-state index < -0.39 is 51.1 Å². The van der Waals surface area contributed by atoms with Crippen LogP contribution >= 0.6 is 7.82 Å². The van der Waals surface area contributed by atoms with E-state index in [0.717, 1.165) is 64.2 Å². The summed E-state index contributed by atoms with van der Waals surface area (Å²) in [6.07, 6.45) is 44.3. The fourth-order valence-corrected chi connectivity index (χ4v) is 6.12. The average molecular weight is 810 g/mol. The van der Waals surface area contributed by atoms with Crippen LogP contribution in [0.15, 0.2) is 60.8 Å². The molecule has 3 atom stereocenters. The number of phosphoric ester groups is 1. The van der Waals surface area contributed by atoms with Gasteiger partial charge in [0.05, 0.1) is 13.2 Å². The largest absolute Gasteiger partial charge is 0.480 e. The van der Waals surface area contributed by atoms with Crippen molar-refractivity contribution in [1.29, 1.82) is 0 Å². The van der Waals surface area contributed by atoms with E-state index in [4.69, 9.17) is 24.8 Å². The van der Waals surface area contributed by atoms with Gasteiger partial charge in [-0.15, -0.1) is 0 Å². The van der Waals surface area contributed by atoms with Crippen LogP contribution in [0.4, 0.5) is 0 Å². The lowest BCUT2D eigenvalue weighted by molar-refractivity contribution is -0.161. The third-order valence-corrected chi connectivity index (χ3v) is 9.69. The number of aliphatic carboxylic acids is 1. The summed E-state index contributed by atoms with van der Waals surface area (Å²) < 4.78 is 32.6. The lowest BCUT2D eigenvalue weighted by Crippen LogP contribution is -2.34. The van der Waals surface area contributed by atoms with Crippen molar-refractivity contribution in [3.05, 3.63) is 60.8 Å². The minimum atomic E-state index is -4.73. The van der Waals surface area contributed by atoms with Crippen molar-refractivity contribution in [2.24, 2.45) is 5.73 Å². The molecule has 12 heteroatoms. The summed E-state index contributed by atoms with van der Waals surface area (Å²) >= 11 is 0. The van der Waals surface area contributed by atoms with Crippen LogP contribution in [0.5, 0.6) is 0 Å². The number of carbonyl (C=O) groups is 3. The van der Waals surface area contributed by atoms with Crippen molar-refractivity contribution in [2.45, 2.75) is 180 Å². The van der Waals surface area contributed by atoms with E-state index in [2.05, 4.69) is 67.0 Å². The fraction of sp³-hybridized carbons (Fsp3) is 0.705. The van der Waals surface area contributed by atoms with Gasteiger partial charge < -0.3 is 25.2 Å². The molecule has 0 aromatic rings. The molecule has 0 fully saturated rings. The molecule has 0 saturated heterocycles. The first-order valence-corrected chi connectivity index (χ1v) is 22.8. The van der Waals surface area contributed by atoms with Gasteiger partial charge in [0.2, 0.25) is 0 Å². The van der Waals surface area contributed by atoms with Crippen molar-refractivity contribution in [3.8, 4) is 0 Å². The minimum Gasteiger partial charge on any atom is -0.480 e. The summed E-state index contributed by atoms with van der Waals surface area (Å²) in [5.74, 6) is -2.47. The molecule has 0 saturated carbocycles. The van der Waals surface area contributed by atoms with Crippen LogP contribution in [-0.2, 0) is 37.5 Å². The van der Waals surface area contributed by atoms with Gasteiger partial charge in [-0.25, -0.2) is 4.57 Å². The van der Waals surface area contributed by atoms with E-state index in [9.17, 15) is 23.8 Å². The van der Waals surface area contributed by atoms with Crippen LogP contribution in [0.3, 0.4) is 0 Å². The molecule has 0 rings (SSSR count). The molecule has 0 radical (unpaired) electrons. The number of hydrogen-bond donors (Lipinski definition) is 3. The van der Waals surface area contributed by atoms with Gasteiger partial charge >= 0.3 is 25.7 Å². The summed E-state index contributed by atoms with van der Waals surface area (Å²) in [7, 11) is -4.73. The van der Waals surface area contributed by atoms with Gasteiger partial charge in [-0.05, 0) is 77.0 Å². The number of carboxylic acid groups (broad SMARTS) is 1. The number of carboxylic acids is 1. The van der Waals surface area contributed by atoms with E-state index in [-0.39, 0.29) is 19.4 Å². The third-order valence-electron chi connectivity index (χ3n) is 8.74. The molecule has 0 aliphatic heterocycles. The van der Waals surface area contributed by atoms with Crippen LogP contribution in [0, 0.1) is 0 Å². The Kier molecular flexibility index (Phi) is 37.1. The Hall–Kier alpha value is -2.82. The van der Waals surface area contributed by atoms with Crippen molar-refractivity contribution >= 4 is 25.7 Å². The number of carbonyl (C=O) groups excluding carboxylic acids is 2. The first-order chi connectivity index (χ1) is 27.1. The smallest absolute Gasteiger partial charge is 0.472 e. The van der Waals surface area contributed by atoms with Gasteiger partial charge in [0, 0.05) is 12.8 Å². The Bertz CT molecular complexity index is 1180. The Labute approximate surface area is 338 Å². The van der Waals surface area contributed by atoms with Gasteiger partial charge in [0.15, 0.2) is 6.10 Å². The summed E-state index contributed by atoms with van der Waals surface area (Å²) in [4.78, 5) is 45.9. The molecule has 0 aromatic carbocycles. The Balaban J connectivity index is 4.50. The molecule has 4 N–H and O–H groups in total. The van der Waals surface area contributed by atoms with Gasteiger partial charge in [0.1, 0.15) is 12.6 Å². The highest BCUT2D eigenvalue weighted by atomic mass is 31.2. The van der Waals surface area contributed by atoms with Crippen molar-refractivity contribution in [1.82, 2.24) is 0 Å². The number of esters is 2. The van der Waals surface area contributed by atoms with Crippen LogP contribution in [0.25, 0.3) is 0 Å². The molecule has 0 heterocycles. The van der Waals surface area contributed by atoms with Gasteiger partial charge in [0.25, 0.3) is 0 Å². The highest BCUT2D eigenvalue weighted by molar-refractivity contribution is 7.47. The zero-order valence-corrected chi connectivity index (χ0v) is 35.6. The van der Waals surface area contributed by atoms with Gasteiger partial charge in [-0.2, -0.15) is 0 Å². The highest BCUT2D eigenvalue weighted by Crippen LogP contribution is 2.43. The summed E-state index contributed by atoms with van der Waals surface area (Å²) in [6.45, 7) is 2.69. The lowest BCUT2D eigenvalue weighted by atomic mass is 10.1. The predicted molar refractivity (Wildman–Crippen MR) is 226 cm³/mol. The maximum Gasteiger partial charge on any atom is 0.472 e. The topological polar surface area (TPSA) is 172 Å². The van der Waals surface area contributed by atoms with Gasteiger partial charge in [-0.1, -0.05) is 139 Å². The molecule has 0 amide bonds. The van der Waals surface area contributed by atoms with E-state index in [0.29, 0.717) is 19.3 Å². The van der Waals surface area contributed by atoms with Gasteiger partial charge in [-0.3, -0.25) is 23.4 Å². The zero-order valence-electron chi connectivity index (χ0n) is 34.7. The second-order valence-electron chi connectivity index (χ2n) is 14.1. The number of hydrogen-bond acceptors (Lipinski definition) is 9. The maximum absolute atomic E-state index is 12.6. The second-order valence-corrected chi connectivity index (χ2v) is 15.6. The number of rotatable bonds is 39. The highest BCUT2D eigenvalue weighted by Gasteiger charge is 2.28. The average Bonchev–Trinajstić information content (AvgIpc) is 3.17. The van der Waals surface area contributed by atoms with E-state index in [1.165, 1.54) is 57.8 Å². The molecule has 56 heavy (non-hydrogen) atoms. The summed E-state index contributed by atoms with van der Waals surface area (Å²) in [5, 5.41) is 8.88. The Morgan fingerprint density at radius 3 is 1.52 bits per heavy atom. The van der Waals surface area contributed by atoms with Crippen LogP contribution in [0.2, 0.25) is 0 Å². The molecule has 0 aliphatic carbocycles. The molecule has 0 aromatic heterocycles. The standard InChI is InChI=1S/C44H76NO10P/c1-3-5-7-9-11-13-15-17-19-20-22-23-25-27-29-31-33-35-42(46)52-37-40(38-53-56(50,51)54-39-41(45)44(48)49)55-43(47)36-34-32-30-28-26-24-21-18-16-14-12-10-8-6-4-2/h11,13,17-19,21-23,27,29,40-41H,3-10,12,14-16,20,24-26,28,30-39,45H2,1-2H3,(H,48,49)(H,50,51)/t40-,41+/m1/s1. The molecule has 1 unspecified atom stereocenters. The number of allylic oxidation sites excluding steroid dienone is 10. The normalized spacial score (nSPS) is 14.4. The molecule has 11 nitrogen and oxygen atoms in total. The number of nitrogens with two attached hydrogens (primary N) is 1.